The highest BCUT2D eigenvalue weighted by atomic mass is 127. The van der Waals surface area contributed by atoms with Crippen molar-refractivity contribution in [3.8, 4) is 5.75 Å². The first-order valence-corrected chi connectivity index (χ1v) is 11.6. The van der Waals surface area contributed by atoms with Crippen molar-refractivity contribution in [2.45, 2.75) is 28.0 Å². The lowest BCUT2D eigenvalue weighted by atomic mass is 10.2. The SMILES string of the molecule is CNCc1cccc(OC2CCN(c3ccc(S(C)(=O)=O)cc3)C2I)c1. The summed E-state index contributed by atoms with van der Waals surface area (Å²) in [5.74, 6) is 0.888. The van der Waals surface area contributed by atoms with Gasteiger partial charge in [0, 0.05) is 31.5 Å². The van der Waals surface area contributed by atoms with Gasteiger partial charge in [-0.3, -0.25) is 0 Å². The van der Waals surface area contributed by atoms with Crippen molar-refractivity contribution >= 4 is 38.1 Å². The molecule has 26 heavy (non-hydrogen) atoms. The molecule has 1 aliphatic rings. The van der Waals surface area contributed by atoms with Crippen LogP contribution >= 0.6 is 22.6 Å². The van der Waals surface area contributed by atoms with E-state index in [1.165, 1.54) is 11.8 Å². The van der Waals surface area contributed by atoms with Crippen molar-refractivity contribution in [3.63, 3.8) is 0 Å². The summed E-state index contributed by atoms with van der Waals surface area (Å²) in [6.07, 6.45) is 2.25. The zero-order valence-corrected chi connectivity index (χ0v) is 17.8. The van der Waals surface area contributed by atoms with Gasteiger partial charge in [0.05, 0.1) is 4.90 Å². The number of hydrogen-bond acceptors (Lipinski definition) is 5. The largest absolute Gasteiger partial charge is 0.487 e. The smallest absolute Gasteiger partial charge is 0.175 e. The Morgan fingerprint density at radius 1 is 1.23 bits per heavy atom. The lowest BCUT2D eigenvalue weighted by Crippen LogP contribution is -2.32. The molecule has 1 fully saturated rings. The fourth-order valence-corrected chi connectivity index (χ4v) is 4.84. The van der Waals surface area contributed by atoms with Gasteiger partial charge in [0.1, 0.15) is 15.9 Å². The molecule has 0 saturated carbocycles. The Labute approximate surface area is 168 Å². The van der Waals surface area contributed by atoms with Gasteiger partial charge in [-0.2, -0.15) is 0 Å². The maximum atomic E-state index is 11.6. The number of ether oxygens (including phenoxy) is 1. The Morgan fingerprint density at radius 3 is 2.62 bits per heavy atom. The molecule has 7 heteroatoms. The van der Waals surface area contributed by atoms with Gasteiger partial charge in [0.25, 0.3) is 0 Å². The summed E-state index contributed by atoms with van der Waals surface area (Å²) < 4.78 is 29.7. The van der Waals surface area contributed by atoms with Crippen LogP contribution in [0, 0.1) is 0 Å². The van der Waals surface area contributed by atoms with Gasteiger partial charge in [0.2, 0.25) is 0 Å². The van der Waals surface area contributed by atoms with Crippen LogP contribution in [-0.2, 0) is 16.4 Å². The average molecular weight is 486 g/mol. The number of nitrogens with one attached hydrogen (secondary N) is 1. The molecule has 5 nitrogen and oxygen atoms in total. The molecule has 0 aromatic heterocycles. The van der Waals surface area contributed by atoms with E-state index in [4.69, 9.17) is 4.74 Å². The van der Waals surface area contributed by atoms with E-state index < -0.39 is 9.84 Å². The molecule has 1 aliphatic heterocycles. The Balaban J connectivity index is 1.70. The van der Waals surface area contributed by atoms with E-state index >= 15 is 0 Å². The zero-order valence-electron chi connectivity index (χ0n) is 14.9. The number of alkyl halides is 1. The van der Waals surface area contributed by atoms with E-state index in [1.54, 1.807) is 12.1 Å². The van der Waals surface area contributed by atoms with E-state index in [0.29, 0.717) is 4.90 Å². The molecule has 2 aromatic carbocycles. The molecule has 0 radical (unpaired) electrons. The van der Waals surface area contributed by atoms with Gasteiger partial charge in [-0.1, -0.05) is 34.7 Å². The number of hydrogen-bond donors (Lipinski definition) is 1. The van der Waals surface area contributed by atoms with E-state index in [1.807, 2.05) is 31.3 Å². The van der Waals surface area contributed by atoms with Crippen LogP contribution in [0.3, 0.4) is 0 Å². The molecule has 2 atom stereocenters. The van der Waals surface area contributed by atoms with Crippen LogP contribution in [0.25, 0.3) is 0 Å². The predicted octanol–water partition coefficient (Wildman–Crippen LogP) is 3.23. The molecule has 1 N–H and O–H groups in total. The normalized spacial score (nSPS) is 20.3. The summed E-state index contributed by atoms with van der Waals surface area (Å²) in [6, 6.07) is 15.2. The quantitative estimate of drug-likeness (QED) is 0.386. The first kappa shape index (κ1) is 19.4. The number of halogens is 1. The molecular weight excluding hydrogens is 463 g/mol. The lowest BCUT2D eigenvalue weighted by Gasteiger charge is -2.25. The summed E-state index contributed by atoms with van der Waals surface area (Å²) in [5.41, 5.74) is 2.22. The number of rotatable bonds is 6. The van der Waals surface area contributed by atoms with Crippen molar-refractivity contribution < 1.29 is 13.2 Å². The third kappa shape index (κ3) is 4.50. The van der Waals surface area contributed by atoms with Gasteiger partial charge in [-0.15, -0.1) is 0 Å². The molecular formula is C19H23IN2O3S. The molecule has 1 heterocycles. The number of anilines is 1. The zero-order chi connectivity index (χ0) is 18.7. The number of benzene rings is 2. The maximum Gasteiger partial charge on any atom is 0.175 e. The maximum absolute atomic E-state index is 11.6. The van der Waals surface area contributed by atoms with Gasteiger partial charge in [-0.05, 0) is 49.0 Å². The van der Waals surface area contributed by atoms with Crippen LogP contribution in [0.15, 0.2) is 53.4 Å². The standard InChI is InChI=1S/C19H23IN2O3S/c1-21-13-14-4-3-5-16(12-14)25-18-10-11-22(19(18)20)15-6-8-17(9-7-15)26(2,23)24/h3-9,12,18-19,21H,10-11,13H2,1-2H3. The molecule has 2 aromatic rings. The van der Waals surface area contributed by atoms with E-state index in [2.05, 4.69) is 44.9 Å². The Hall–Kier alpha value is -1.32. The second-order valence-corrected chi connectivity index (χ2v) is 9.75. The first-order valence-electron chi connectivity index (χ1n) is 8.49. The Kier molecular flexibility index (Phi) is 6.09. The number of sulfone groups is 1. The summed E-state index contributed by atoms with van der Waals surface area (Å²) in [7, 11) is -1.24. The monoisotopic (exact) mass is 486 g/mol. The van der Waals surface area contributed by atoms with E-state index in [0.717, 1.165) is 30.9 Å². The molecule has 0 bridgehead atoms. The Bertz CT molecular complexity index is 855. The lowest BCUT2D eigenvalue weighted by molar-refractivity contribution is 0.220. The molecule has 2 unspecified atom stereocenters. The fourth-order valence-electron chi connectivity index (χ4n) is 3.11. The van der Waals surface area contributed by atoms with Crippen LogP contribution in [0.4, 0.5) is 5.69 Å². The van der Waals surface area contributed by atoms with Crippen molar-refractivity contribution in [1.82, 2.24) is 5.32 Å². The van der Waals surface area contributed by atoms with E-state index in [-0.39, 0.29) is 10.2 Å². The van der Waals surface area contributed by atoms with Crippen LogP contribution in [0.2, 0.25) is 0 Å². The minimum absolute atomic E-state index is 0.0926. The highest BCUT2D eigenvalue weighted by Gasteiger charge is 2.34. The van der Waals surface area contributed by atoms with Gasteiger partial charge in [0.15, 0.2) is 9.84 Å². The van der Waals surface area contributed by atoms with Crippen molar-refractivity contribution in [2.24, 2.45) is 0 Å². The molecule has 0 amide bonds. The number of nitrogens with zero attached hydrogens (tertiary/aromatic N) is 1. The van der Waals surface area contributed by atoms with Crippen LogP contribution in [0.1, 0.15) is 12.0 Å². The summed E-state index contributed by atoms with van der Waals surface area (Å²) >= 11 is 2.41. The second-order valence-electron chi connectivity index (χ2n) is 6.45. The topological polar surface area (TPSA) is 58.6 Å². The van der Waals surface area contributed by atoms with Gasteiger partial charge in [-0.25, -0.2) is 8.42 Å². The van der Waals surface area contributed by atoms with Crippen LogP contribution < -0.4 is 15.0 Å². The van der Waals surface area contributed by atoms with Crippen molar-refractivity contribution in [1.29, 1.82) is 0 Å². The first-order chi connectivity index (χ1) is 12.4. The summed E-state index contributed by atoms with van der Waals surface area (Å²) in [5, 5.41) is 3.15. The minimum atomic E-state index is -3.17. The van der Waals surface area contributed by atoms with Gasteiger partial charge >= 0.3 is 0 Å². The fraction of sp³-hybridized carbons (Fsp3) is 0.368. The molecule has 0 spiro atoms. The second kappa shape index (κ2) is 8.14. The third-order valence-electron chi connectivity index (χ3n) is 4.42. The molecule has 0 aliphatic carbocycles. The van der Waals surface area contributed by atoms with Crippen molar-refractivity contribution in [3.05, 3.63) is 54.1 Å². The molecule has 1 saturated heterocycles. The van der Waals surface area contributed by atoms with Crippen molar-refractivity contribution in [2.75, 3.05) is 24.7 Å². The summed E-state index contributed by atoms with van der Waals surface area (Å²) in [4.78, 5) is 2.61. The summed E-state index contributed by atoms with van der Waals surface area (Å²) in [6.45, 7) is 1.70. The predicted molar refractivity (Wildman–Crippen MR) is 113 cm³/mol. The highest BCUT2D eigenvalue weighted by Crippen LogP contribution is 2.33. The van der Waals surface area contributed by atoms with Crippen LogP contribution in [-0.4, -0.2) is 38.4 Å². The highest BCUT2D eigenvalue weighted by molar-refractivity contribution is 14.1. The third-order valence-corrected chi connectivity index (χ3v) is 7.03. The molecule has 3 rings (SSSR count). The minimum Gasteiger partial charge on any atom is -0.487 e. The molecule has 140 valence electrons. The van der Waals surface area contributed by atoms with E-state index in [9.17, 15) is 8.42 Å². The van der Waals surface area contributed by atoms with Gasteiger partial charge < -0.3 is 15.0 Å². The average Bonchev–Trinajstić information content (AvgIpc) is 2.96. The Morgan fingerprint density at radius 2 is 1.96 bits per heavy atom. The van der Waals surface area contributed by atoms with Crippen LogP contribution in [0.5, 0.6) is 5.75 Å².